The highest BCUT2D eigenvalue weighted by atomic mass is 79.9. The molecule has 1 aromatic rings. The Hall–Kier alpha value is -2.59. The van der Waals surface area contributed by atoms with Crippen LogP contribution in [0.3, 0.4) is 0 Å². The van der Waals surface area contributed by atoms with Gasteiger partial charge in [-0.2, -0.15) is 0 Å². The van der Waals surface area contributed by atoms with Gasteiger partial charge in [-0.15, -0.1) is 0 Å². The summed E-state index contributed by atoms with van der Waals surface area (Å²) in [6, 6.07) is 2.20. The molecule has 1 aromatic carbocycles. The molecule has 138 valence electrons. The first-order chi connectivity index (χ1) is 12.2. The third kappa shape index (κ3) is 4.52. The Kier molecular flexibility index (Phi) is 6.22. The van der Waals surface area contributed by atoms with Crippen molar-refractivity contribution in [3.8, 4) is 5.75 Å². The van der Waals surface area contributed by atoms with E-state index < -0.39 is 37.0 Å². The van der Waals surface area contributed by atoms with E-state index in [0.29, 0.717) is 14.9 Å². The minimum Gasteiger partial charge on any atom is -0.479 e. The molecule has 3 amide bonds. The molecule has 2 rings (SSSR count). The number of hydrogen-bond acceptors (Lipinski definition) is 6. The largest absolute Gasteiger partial charge is 0.479 e. The number of ether oxygens (including phenoxy) is 2. The Labute approximate surface area is 160 Å². The number of rotatable bonds is 6. The summed E-state index contributed by atoms with van der Waals surface area (Å²) in [4.78, 5) is 46.6. The van der Waals surface area contributed by atoms with Crippen LogP contribution in [-0.4, -0.2) is 54.1 Å². The van der Waals surface area contributed by atoms with E-state index in [1.807, 2.05) is 0 Å². The maximum Gasteiger partial charge on any atom is 0.341 e. The van der Waals surface area contributed by atoms with Gasteiger partial charge in [0.2, 0.25) is 0 Å². The van der Waals surface area contributed by atoms with Crippen molar-refractivity contribution in [2.45, 2.75) is 0 Å². The van der Waals surface area contributed by atoms with E-state index in [2.05, 4.69) is 26.0 Å². The van der Waals surface area contributed by atoms with Gasteiger partial charge in [-0.3, -0.25) is 9.59 Å². The molecule has 9 nitrogen and oxygen atoms in total. The number of carboxylic acid groups (broad SMARTS) is 1. The second-order valence-corrected chi connectivity index (χ2v) is 6.21. The number of carbonyl (C=O) groups is 4. The number of carboxylic acids is 1. The Bertz CT molecular complexity index is 801. The molecule has 2 N–H and O–H groups in total. The molecule has 0 bridgehead atoms. The molecule has 0 aromatic heterocycles. The first-order valence-electron chi connectivity index (χ1n) is 6.98. The normalized spacial score (nSPS) is 15.2. The monoisotopic (exact) mass is 446 g/mol. The summed E-state index contributed by atoms with van der Waals surface area (Å²) < 4.78 is 9.87. The molecular weight excluding hydrogens is 436 g/mol. The van der Waals surface area contributed by atoms with Gasteiger partial charge in [0, 0.05) is 0 Å². The van der Waals surface area contributed by atoms with Gasteiger partial charge in [-0.1, -0.05) is 11.6 Å². The molecule has 1 fully saturated rings. The quantitative estimate of drug-likeness (QED) is 0.386. The number of aliphatic carboxylic acids is 1. The summed E-state index contributed by atoms with van der Waals surface area (Å²) in [6.45, 7) is -1.08. The van der Waals surface area contributed by atoms with Crippen molar-refractivity contribution < 1.29 is 33.8 Å². The average molecular weight is 448 g/mol. The number of hydrogen-bond donors (Lipinski definition) is 2. The molecule has 1 aliphatic heterocycles. The van der Waals surface area contributed by atoms with Crippen LogP contribution >= 0.6 is 27.5 Å². The topological polar surface area (TPSA) is 122 Å². The Morgan fingerprint density at radius 1 is 1.38 bits per heavy atom. The van der Waals surface area contributed by atoms with E-state index in [1.165, 1.54) is 18.2 Å². The van der Waals surface area contributed by atoms with Gasteiger partial charge < -0.3 is 19.9 Å². The Balaban J connectivity index is 2.24. The molecule has 1 heterocycles. The lowest BCUT2D eigenvalue weighted by molar-refractivity contribution is -0.143. The number of urea groups is 1. The van der Waals surface area contributed by atoms with E-state index in [9.17, 15) is 19.2 Å². The highest BCUT2D eigenvalue weighted by Gasteiger charge is 2.35. The lowest BCUT2D eigenvalue weighted by atomic mass is 10.2. The van der Waals surface area contributed by atoms with Crippen molar-refractivity contribution >= 4 is 57.5 Å². The molecule has 1 saturated heterocycles. The van der Waals surface area contributed by atoms with Crippen molar-refractivity contribution in [3.05, 3.63) is 32.9 Å². The SMILES string of the molecule is COC(=O)CN1C(=O)NC(=Cc2cc(Cl)c(OCC(=O)O)c(Br)c2)C1=O. The summed E-state index contributed by atoms with van der Waals surface area (Å²) in [5.74, 6) is -2.46. The van der Waals surface area contributed by atoms with Gasteiger partial charge in [0.25, 0.3) is 5.91 Å². The zero-order valence-corrected chi connectivity index (χ0v) is 15.6. The molecule has 0 aliphatic carbocycles. The second kappa shape index (κ2) is 8.19. The summed E-state index contributed by atoms with van der Waals surface area (Å²) in [7, 11) is 1.14. The third-order valence-electron chi connectivity index (χ3n) is 3.15. The number of methoxy groups -OCH3 is 1. The maximum atomic E-state index is 12.2. The van der Waals surface area contributed by atoms with Crippen LogP contribution in [0.1, 0.15) is 5.56 Å². The minimum atomic E-state index is -1.16. The summed E-state index contributed by atoms with van der Waals surface area (Å²) in [5.41, 5.74) is 0.384. The lowest BCUT2D eigenvalue weighted by Crippen LogP contribution is -2.36. The van der Waals surface area contributed by atoms with Gasteiger partial charge >= 0.3 is 18.0 Å². The number of carbonyl (C=O) groups excluding carboxylic acids is 3. The highest BCUT2D eigenvalue weighted by molar-refractivity contribution is 9.10. The van der Waals surface area contributed by atoms with Crippen molar-refractivity contribution in [1.29, 1.82) is 0 Å². The zero-order valence-electron chi connectivity index (χ0n) is 13.2. The predicted molar refractivity (Wildman–Crippen MR) is 92.5 cm³/mol. The van der Waals surface area contributed by atoms with E-state index in [1.54, 1.807) is 0 Å². The fraction of sp³-hybridized carbons (Fsp3) is 0.200. The fourth-order valence-electron chi connectivity index (χ4n) is 2.01. The maximum absolute atomic E-state index is 12.2. The number of imide groups is 1. The van der Waals surface area contributed by atoms with Crippen molar-refractivity contribution in [3.63, 3.8) is 0 Å². The Morgan fingerprint density at radius 3 is 2.65 bits per heavy atom. The van der Waals surface area contributed by atoms with Gasteiger partial charge in [0.05, 0.1) is 16.6 Å². The molecule has 0 unspecified atom stereocenters. The zero-order chi connectivity index (χ0) is 19.4. The summed E-state index contributed by atoms with van der Waals surface area (Å²) >= 11 is 9.27. The van der Waals surface area contributed by atoms with Crippen LogP contribution < -0.4 is 10.1 Å². The van der Waals surface area contributed by atoms with Crippen LogP contribution in [0.5, 0.6) is 5.75 Å². The number of esters is 1. The predicted octanol–water partition coefficient (Wildman–Crippen LogP) is 1.63. The number of nitrogens with one attached hydrogen (secondary N) is 1. The van der Waals surface area contributed by atoms with Crippen LogP contribution in [-0.2, 0) is 19.1 Å². The molecule has 11 heteroatoms. The van der Waals surface area contributed by atoms with E-state index in [0.717, 1.165) is 7.11 Å². The van der Waals surface area contributed by atoms with Gasteiger partial charge in [0.15, 0.2) is 12.4 Å². The van der Waals surface area contributed by atoms with Crippen LogP contribution in [0.25, 0.3) is 6.08 Å². The van der Waals surface area contributed by atoms with Gasteiger partial charge in [-0.25, -0.2) is 14.5 Å². The fourth-order valence-corrected chi connectivity index (χ4v) is 3.00. The van der Waals surface area contributed by atoms with Gasteiger partial charge in [0.1, 0.15) is 12.2 Å². The number of benzene rings is 1. The number of halogens is 2. The summed E-state index contributed by atoms with van der Waals surface area (Å²) in [5, 5.41) is 11.1. The smallest absolute Gasteiger partial charge is 0.341 e. The number of nitrogens with zero attached hydrogens (tertiary/aromatic N) is 1. The van der Waals surface area contributed by atoms with Crippen molar-refractivity contribution in [2.24, 2.45) is 0 Å². The third-order valence-corrected chi connectivity index (χ3v) is 4.02. The molecule has 0 radical (unpaired) electrons. The number of amides is 3. The van der Waals surface area contributed by atoms with Crippen molar-refractivity contribution in [1.82, 2.24) is 10.2 Å². The van der Waals surface area contributed by atoms with Crippen LogP contribution in [0.4, 0.5) is 4.79 Å². The average Bonchev–Trinajstić information content (AvgIpc) is 2.81. The van der Waals surface area contributed by atoms with E-state index in [-0.39, 0.29) is 16.5 Å². The van der Waals surface area contributed by atoms with Crippen molar-refractivity contribution in [2.75, 3.05) is 20.3 Å². The second-order valence-electron chi connectivity index (χ2n) is 4.95. The molecule has 0 saturated carbocycles. The van der Waals surface area contributed by atoms with Gasteiger partial charge in [-0.05, 0) is 39.7 Å². The minimum absolute atomic E-state index is 0.0546. The van der Waals surface area contributed by atoms with Crippen LogP contribution in [0.15, 0.2) is 22.3 Å². The first kappa shape index (κ1) is 19.7. The highest BCUT2D eigenvalue weighted by Crippen LogP contribution is 2.35. The molecular formula is C15H12BrClN2O7. The molecule has 0 atom stereocenters. The molecule has 0 spiro atoms. The molecule has 1 aliphatic rings. The standard InChI is InChI=1S/C15H12BrClN2O7/c1-25-12(22)5-19-14(23)10(18-15(19)24)4-7-2-8(16)13(9(17)3-7)26-6-11(20)21/h2-4H,5-6H2,1H3,(H,18,24)(H,20,21). The Morgan fingerprint density at radius 2 is 2.08 bits per heavy atom. The lowest BCUT2D eigenvalue weighted by Gasteiger charge is -2.10. The van der Waals surface area contributed by atoms with Crippen LogP contribution in [0, 0.1) is 0 Å². The first-order valence-corrected chi connectivity index (χ1v) is 8.15. The van der Waals surface area contributed by atoms with E-state index in [4.69, 9.17) is 21.4 Å². The molecule has 26 heavy (non-hydrogen) atoms. The van der Waals surface area contributed by atoms with E-state index >= 15 is 0 Å². The summed E-state index contributed by atoms with van der Waals surface area (Å²) in [6.07, 6.45) is 1.36. The van der Waals surface area contributed by atoms with Crippen LogP contribution in [0.2, 0.25) is 5.02 Å².